The Bertz CT molecular complexity index is 1320. The molecule has 5 nitrogen and oxygen atoms in total. The quantitative estimate of drug-likeness (QED) is 0.524. The molecule has 4 rings (SSSR count). The Morgan fingerprint density at radius 3 is 2.19 bits per heavy atom. The molecule has 0 saturated carbocycles. The van der Waals surface area contributed by atoms with Crippen LogP contribution >= 0.6 is 0 Å². The van der Waals surface area contributed by atoms with Gasteiger partial charge < -0.3 is 0 Å². The van der Waals surface area contributed by atoms with Crippen molar-refractivity contribution in [3.8, 4) is 29.6 Å². The molecule has 0 saturated heterocycles. The number of benzene rings is 2. The molecule has 5 heteroatoms. The topological polar surface area (TPSA) is 97.2 Å². The van der Waals surface area contributed by atoms with Gasteiger partial charge in [0.15, 0.2) is 0 Å². The molecule has 0 aliphatic rings. The molecular formula is C21H9N5. The van der Waals surface area contributed by atoms with Crippen molar-refractivity contribution in [2.45, 2.75) is 0 Å². The summed E-state index contributed by atoms with van der Waals surface area (Å²) in [6, 6.07) is 22.6. The molecule has 2 aromatic carbocycles. The molecule has 0 spiro atoms. The van der Waals surface area contributed by atoms with Crippen LogP contribution in [-0.4, -0.2) is 9.97 Å². The van der Waals surface area contributed by atoms with Gasteiger partial charge in [-0.25, -0.2) is 9.97 Å². The number of rotatable bonds is 1. The van der Waals surface area contributed by atoms with Crippen LogP contribution in [0, 0.1) is 34.0 Å². The zero-order valence-electron chi connectivity index (χ0n) is 13.4. The van der Waals surface area contributed by atoms with E-state index in [2.05, 4.69) is 28.2 Å². The molecule has 0 amide bonds. The van der Waals surface area contributed by atoms with Crippen molar-refractivity contribution >= 4 is 21.8 Å². The van der Waals surface area contributed by atoms with Crippen LogP contribution in [0.15, 0.2) is 54.6 Å². The minimum atomic E-state index is 0.130. The molecule has 2 aromatic heterocycles. The molecule has 0 aliphatic carbocycles. The number of nitrogens with zero attached hydrogens (tertiary/aromatic N) is 5. The number of aromatic nitrogens is 2. The molecule has 4 aromatic rings. The molecule has 0 N–H and O–H groups in total. The van der Waals surface area contributed by atoms with E-state index >= 15 is 0 Å². The molecule has 0 fully saturated rings. The van der Waals surface area contributed by atoms with E-state index in [0.717, 1.165) is 10.9 Å². The van der Waals surface area contributed by atoms with Crippen LogP contribution in [0.25, 0.3) is 33.2 Å². The molecule has 26 heavy (non-hydrogen) atoms. The summed E-state index contributed by atoms with van der Waals surface area (Å²) in [5, 5.41) is 30.0. The summed E-state index contributed by atoms with van der Waals surface area (Å²) >= 11 is 0. The summed E-state index contributed by atoms with van der Waals surface area (Å²) in [4.78, 5) is 9.14. The Balaban J connectivity index is 2.11. The van der Waals surface area contributed by atoms with Crippen molar-refractivity contribution in [3.05, 3.63) is 71.3 Å². The Labute approximate surface area is 149 Å². The lowest BCUT2D eigenvalue weighted by atomic mass is 9.97. The van der Waals surface area contributed by atoms with Crippen LogP contribution in [-0.2, 0) is 0 Å². The predicted molar refractivity (Wildman–Crippen MR) is 96.6 cm³/mol. The first-order valence-corrected chi connectivity index (χ1v) is 7.80. The van der Waals surface area contributed by atoms with Gasteiger partial charge in [0.25, 0.3) is 0 Å². The fourth-order valence-corrected chi connectivity index (χ4v) is 3.01. The first kappa shape index (κ1) is 15.3. The van der Waals surface area contributed by atoms with E-state index in [0.29, 0.717) is 27.9 Å². The maximum atomic E-state index is 9.68. The van der Waals surface area contributed by atoms with Gasteiger partial charge in [-0.2, -0.15) is 15.8 Å². The first-order valence-electron chi connectivity index (χ1n) is 7.80. The SMILES string of the molecule is N#Cc1c(-c2ccc3ccccc3n2)nc2cccc(C#N)c2c1C#N. The van der Waals surface area contributed by atoms with E-state index < -0.39 is 0 Å². The highest BCUT2D eigenvalue weighted by atomic mass is 14.8. The van der Waals surface area contributed by atoms with Gasteiger partial charge in [-0.3, -0.25) is 0 Å². The molecule has 0 atom stereocenters. The number of para-hydroxylation sites is 1. The molecule has 0 bridgehead atoms. The van der Waals surface area contributed by atoms with E-state index in [1.165, 1.54) is 0 Å². The van der Waals surface area contributed by atoms with Crippen LogP contribution in [0.2, 0.25) is 0 Å². The van der Waals surface area contributed by atoms with Crippen molar-refractivity contribution in [2.24, 2.45) is 0 Å². The van der Waals surface area contributed by atoms with Crippen LogP contribution < -0.4 is 0 Å². The van der Waals surface area contributed by atoms with Crippen LogP contribution in [0.3, 0.4) is 0 Å². The second-order valence-electron chi connectivity index (χ2n) is 5.63. The minimum Gasteiger partial charge on any atom is -0.246 e. The van der Waals surface area contributed by atoms with Gasteiger partial charge in [0.1, 0.15) is 17.8 Å². The van der Waals surface area contributed by atoms with Gasteiger partial charge in [-0.05, 0) is 24.3 Å². The molecule has 0 aliphatic heterocycles. The Kier molecular flexibility index (Phi) is 3.51. The van der Waals surface area contributed by atoms with Gasteiger partial charge >= 0.3 is 0 Å². The number of hydrogen-bond acceptors (Lipinski definition) is 5. The lowest BCUT2D eigenvalue weighted by Gasteiger charge is -2.10. The zero-order chi connectivity index (χ0) is 18.1. The highest BCUT2D eigenvalue weighted by Crippen LogP contribution is 2.31. The smallest absolute Gasteiger partial charge is 0.108 e. The van der Waals surface area contributed by atoms with E-state index in [1.54, 1.807) is 24.3 Å². The normalized spacial score (nSPS) is 10.2. The second kappa shape index (κ2) is 5.98. The molecule has 118 valence electrons. The standard InChI is InChI=1S/C21H9N5/c22-10-14-5-3-7-18-20(14)15(11-23)16(12-24)21(26-18)19-9-8-13-4-1-2-6-17(13)25-19/h1-9H. The first-order chi connectivity index (χ1) is 12.8. The molecular weight excluding hydrogens is 322 g/mol. The Morgan fingerprint density at radius 1 is 0.654 bits per heavy atom. The average molecular weight is 331 g/mol. The number of nitriles is 3. The van der Waals surface area contributed by atoms with Crippen LogP contribution in [0.1, 0.15) is 16.7 Å². The van der Waals surface area contributed by atoms with Gasteiger partial charge in [0.2, 0.25) is 0 Å². The maximum absolute atomic E-state index is 9.68. The average Bonchev–Trinajstić information content (AvgIpc) is 2.71. The largest absolute Gasteiger partial charge is 0.246 e. The lowest BCUT2D eigenvalue weighted by molar-refractivity contribution is 1.29. The molecule has 0 unspecified atom stereocenters. The van der Waals surface area contributed by atoms with Gasteiger partial charge in [0.05, 0.1) is 39.5 Å². The monoisotopic (exact) mass is 331 g/mol. The van der Waals surface area contributed by atoms with Crippen LogP contribution in [0.4, 0.5) is 0 Å². The summed E-state index contributed by atoms with van der Waals surface area (Å²) in [6.45, 7) is 0. The summed E-state index contributed by atoms with van der Waals surface area (Å²) in [6.07, 6.45) is 0. The second-order valence-corrected chi connectivity index (χ2v) is 5.63. The number of pyridine rings is 2. The van der Waals surface area contributed by atoms with Crippen molar-refractivity contribution in [1.29, 1.82) is 15.8 Å². The van der Waals surface area contributed by atoms with Crippen molar-refractivity contribution in [3.63, 3.8) is 0 Å². The third kappa shape index (κ3) is 2.23. The minimum absolute atomic E-state index is 0.130. The van der Waals surface area contributed by atoms with Crippen molar-refractivity contribution in [1.82, 2.24) is 9.97 Å². The fraction of sp³-hybridized carbons (Fsp3) is 0. The summed E-state index contributed by atoms with van der Waals surface area (Å²) in [5.41, 5.74) is 2.73. The zero-order valence-corrected chi connectivity index (χ0v) is 13.4. The Hall–Kier alpha value is -4.27. The van der Waals surface area contributed by atoms with E-state index in [4.69, 9.17) is 0 Å². The van der Waals surface area contributed by atoms with E-state index in [-0.39, 0.29) is 11.1 Å². The highest BCUT2D eigenvalue weighted by Gasteiger charge is 2.19. The Morgan fingerprint density at radius 2 is 1.42 bits per heavy atom. The summed E-state index contributed by atoms with van der Waals surface area (Å²) in [7, 11) is 0. The fourth-order valence-electron chi connectivity index (χ4n) is 3.01. The molecule has 0 radical (unpaired) electrons. The molecule has 2 heterocycles. The third-order valence-electron chi connectivity index (χ3n) is 4.20. The van der Waals surface area contributed by atoms with E-state index in [9.17, 15) is 15.8 Å². The number of hydrogen-bond donors (Lipinski definition) is 0. The predicted octanol–water partition coefficient (Wildman–Crippen LogP) is 4.07. The number of fused-ring (bicyclic) bond motifs is 2. The van der Waals surface area contributed by atoms with Crippen LogP contribution in [0.5, 0.6) is 0 Å². The van der Waals surface area contributed by atoms with Gasteiger partial charge in [-0.15, -0.1) is 0 Å². The van der Waals surface area contributed by atoms with Crippen molar-refractivity contribution < 1.29 is 0 Å². The summed E-state index contributed by atoms with van der Waals surface area (Å²) < 4.78 is 0. The highest BCUT2D eigenvalue weighted by molar-refractivity contribution is 5.95. The van der Waals surface area contributed by atoms with Crippen molar-refractivity contribution in [2.75, 3.05) is 0 Å². The maximum Gasteiger partial charge on any atom is 0.108 e. The third-order valence-corrected chi connectivity index (χ3v) is 4.20. The lowest BCUT2D eigenvalue weighted by Crippen LogP contribution is -1.99. The van der Waals surface area contributed by atoms with Gasteiger partial charge in [0, 0.05) is 10.8 Å². The van der Waals surface area contributed by atoms with Gasteiger partial charge in [-0.1, -0.05) is 30.3 Å². The summed E-state index contributed by atoms with van der Waals surface area (Å²) in [5.74, 6) is 0. The van der Waals surface area contributed by atoms with E-state index in [1.807, 2.05) is 30.3 Å².